The van der Waals surface area contributed by atoms with Gasteiger partial charge in [0.1, 0.15) is 11.3 Å². The summed E-state index contributed by atoms with van der Waals surface area (Å²) in [5.41, 5.74) is 10.8. The Hall–Kier alpha value is -4.50. The van der Waals surface area contributed by atoms with Crippen LogP contribution >= 0.6 is 12.4 Å². The highest BCUT2D eigenvalue weighted by Gasteiger charge is 2.18. The first-order valence-electron chi connectivity index (χ1n) is 12.5. The molecular weight excluding hydrogens is 518 g/mol. The van der Waals surface area contributed by atoms with Crippen molar-refractivity contribution in [2.75, 3.05) is 5.73 Å². The van der Waals surface area contributed by atoms with Crippen molar-refractivity contribution in [1.82, 2.24) is 19.9 Å². The third kappa shape index (κ3) is 5.53. The van der Waals surface area contributed by atoms with Crippen LogP contribution in [0.5, 0.6) is 17.2 Å². The second-order valence-corrected chi connectivity index (χ2v) is 9.29. The van der Waals surface area contributed by atoms with Gasteiger partial charge in [0.25, 0.3) is 5.91 Å². The van der Waals surface area contributed by atoms with Crippen LogP contribution in [-0.2, 0) is 19.5 Å². The topological polar surface area (TPSA) is 147 Å². The standard InChI is InChI=1S/C29H29N5O4.ClH/c1-2-3-11-24-33-25-26(20-9-4-5-10-21(20)32-28(25)30)34(24)16-18-8-6-7-17(12-18)15-31-29(38)19-13-22(35)27(37)23(36)14-19;/h4-10,12-14,35-37H,2-3,11,15-16H2,1H3,(H2,30,32)(H,31,38);1H. The number of nitrogens with two attached hydrogens (primary N) is 1. The molecule has 202 valence electrons. The van der Waals surface area contributed by atoms with Crippen molar-refractivity contribution in [2.24, 2.45) is 0 Å². The van der Waals surface area contributed by atoms with E-state index < -0.39 is 23.2 Å². The van der Waals surface area contributed by atoms with Gasteiger partial charge in [-0.15, -0.1) is 12.4 Å². The number of unbranched alkanes of at least 4 members (excludes halogenated alkanes) is 1. The minimum absolute atomic E-state index is 0. The number of amides is 1. The van der Waals surface area contributed by atoms with Crippen LogP contribution < -0.4 is 11.1 Å². The summed E-state index contributed by atoms with van der Waals surface area (Å²) >= 11 is 0. The largest absolute Gasteiger partial charge is 0.504 e. The smallest absolute Gasteiger partial charge is 0.251 e. The van der Waals surface area contributed by atoms with Gasteiger partial charge >= 0.3 is 0 Å². The van der Waals surface area contributed by atoms with E-state index in [-0.39, 0.29) is 24.5 Å². The van der Waals surface area contributed by atoms with E-state index in [0.717, 1.165) is 64.8 Å². The summed E-state index contributed by atoms with van der Waals surface area (Å²) in [5, 5.41) is 32.7. The maximum absolute atomic E-state index is 12.6. The number of carbonyl (C=O) groups excluding carboxylic acids is 1. The van der Waals surface area contributed by atoms with Gasteiger partial charge in [0.15, 0.2) is 23.1 Å². The van der Waals surface area contributed by atoms with E-state index >= 15 is 0 Å². The SMILES string of the molecule is CCCCc1nc2c(N)nc3ccccc3c2n1Cc1cccc(CNC(=O)c2cc(O)c(O)c(O)c2)c1.Cl. The van der Waals surface area contributed by atoms with E-state index in [1.165, 1.54) is 0 Å². The zero-order valence-electron chi connectivity index (χ0n) is 21.4. The third-order valence-electron chi connectivity index (χ3n) is 6.56. The molecule has 0 spiro atoms. The lowest BCUT2D eigenvalue weighted by Gasteiger charge is -2.13. The zero-order chi connectivity index (χ0) is 26.8. The van der Waals surface area contributed by atoms with Crippen LogP contribution in [0, 0.1) is 0 Å². The number of halogens is 1. The molecule has 0 saturated carbocycles. The number of aromatic nitrogens is 3. The van der Waals surface area contributed by atoms with Gasteiger partial charge < -0.3 is 30.9 Å². The highest BCUT2D eigenvalue weighted by atomic mass is 35.5. The van der Waals surface area contributed by atoms with Crippen LogP contribution in [0.2, 0.25) is 0 Å². The van der Waals surface area contributed by atoms with Crippen molar-refractivity contribution in [3.8, 4) is 17.2 Å². The number of nitrogens with one attached hydrogen (secondary N) is 1. The predicted octanol–water partition coefficient (Wildman–Crippen LogP) is 5.03. The Morgan fingerprint density at radius 2 is 1.69 bits per heavy atom. The summed E-state index contributed by atoms with van der Waals surface area (Å²) in [6, 6.07) is 18.0. The van der Waals surface area contributed by atoms with Crippen LogP contribution in [-0.4, -0.2) is 35.8 Å². The first kappa shape index (κ1) is 27.5. The molecular formula is C29H30ClN5O4. The lowest BCUT2D eigenvalue weighted by molar-refractivity contribution is 0.0950. The molecule has 0 aliphatic carbocycles. The molecule has 2 aromatic heterocycles. The number of aryl methyl sites for hydroxylation is 1. The Morgan fingerprint density at radius 3 is 2.44 bits per heavy atom. The molecule has 0 aliphatic heterocycles. The fourth-order valence-corrected chi connectivity index (χ4v) is 4.64. The highest BCUT2D eigenvalue weighted by molar-refractivity contribution is 6.06. The Labute approximate surface area is 231 Å². The van der Waals surface area contributed by atoms with Gasteiger partial charge in [0.05, 0.1) is 11.0 Å². The second-order valence-electron chi connectivity index (χ2n) is 9.29. The molecule has 6 N–H and O–H groups in total. The lowest BCUT2D eigenvalue weighted by atomic mass is 10.1. The van der Waals surface area contributed by atoms with Gasteiger partial charge in [-0.05, 0) is 35.7 Å². The minimum atomic E-state index is -0.662. The van der Waals surface area contributed by atoms with Crippen LogP contribution in [0.15, 0.2) is 60.7 Å². The molecule has 39 heavy (non-hydrogen) atoms. The van der Waals surface area contributed by atoms with Gasteiger partial charge in [0.2, 0.25) is 0 Å². The Morgan fingerprint density at radius 1 is 0.974 bits per heavy atom. The number of anilines is 1. The fourth-order valence-electron chi connectivity index (χ4n) is 4.64. The zero-order valence-corrected chi connectivity index (χ0v) is 22.2. The van der Waals surface area contributed by atoms with Gasteiger partial charge in [-0.3, -0.25) is 4.79 Å². The first-order chi connectivity index (χ1) is 18.4. The number of nitrogen functional groups attached to an aromatic ring is 1. The number of hydrogen-bond donors (Lipinski definition) is 5. The van der Waals surface area contributed by atoms with Crippen molar-refractivity contribution >= 4 is 46.1 Å². The Kier molecular flexibility index (Phi) is 8.11. The van der Waals surface area contributed by atoms with Crippen molar-refractivity contribution < 1.29 is 20.1 Å². The summed E-state index contributed by atoms with van der Waals surface area (Å²) in [7, 11) is 0. The van der Waals surface area contributed by atoms with E-state index in [1.54, 1.807) is 0 Å². The first-order valence-corrected chi connectivity index (χ1v) is 12.5. The van der Waals surface area contributed by atoms with E-state index in [1.807, 2.05) is 48.5 Å². The highest BCUT2D eigenvalue weighted by Crippen LogP contribution is 2.35. The average Bonchev–Trinajstić information content (AvgIpc) is 3.28. The molecule has 0 bridgehead atoms. The summed E-state index contributed by atoms with van der Waals surface area (Å²) in [4.78, 5) is 22.0. The predicted molar refractivity (Wildman–Crippen MR) is 153 cm³/mol. The van der Waals surface area contributed by atoms with E-state index in [2.05, 4.69) is 21.8 Å². The molecule has 2 heterocycles. The second kappa shape index (κ2) is 11.5. The Balaban J connectivity index is 0.00000353. The number of aromatic hydroxyl groups is 3. The van der Waals surface area contributed by atoms with Crippen LogP contribution in [0.4, 0.5) is 5.82 Å². The Bertz CT molecular complexity index is 1640. The molecule has 10 heteroatoms. The number of nitrogens with zero attached hydrogens (tertiary/aromatic N) is 3. The van der Waals surface area contributed by atoms with E-state index in [0.29, 0.717) is 17.9 Å². The van der Waals surface area contributed by atoms with Crippen LogP contribution in [0.25, 0.3) is 21.9 Å². The molecule has 5 rings (SSSR count). The number of phenolic OH excluding ortho intramolecular Hbond substituents is 3. The van der Waals surface area contributed by atoms with Crippen molar-refractivity contribution in [3.63, 3.8) is 0 Å². The maximum atomic E-state index is 12.6. The molecule has 1 amide bonds. The lowest BCUT2D eigenvalue weighted by Crippen LogP contribution is -2.22. The van der Waals surface area contributed by atoms with Gasteiger partial charge in [0, 0.05) is 30.5 Å². The van der Waals surface area contributed by atoms with Gasteiger partial charge in [-0.25, -0.2) is 9.97 Å². The third-order valence-corrected chi connectivity index (χ3v) is 6.56. The van der Waals surface area contributed by atoms with Gasteiger partial charge in [-0.2, -0.15) is 0 Å². The summed E-state index contributed by atoms with van der Waals surface area (Å²) in [5.74, 6) is -0.906. The minimum Gasteiger partial charge on any atom is -0.504 e. The van der Waals surface area contributed by atoms with E-state index in [4.69, 9.17) is 10.7 Å². The van der Waals surface area contributed by atoms with Crippen molar-refractivity contribution in [2.45, 2.75) is 39.3 Å². The van der Waals surface area contributed by atoms with Gasteiger partial charge in [-0.1, -0.05) is 55.8 Å². The molecule has 0 saturated heterocycles. The number of pyridine rings is 1. The quantitative estimate of drug-likeness (QED) is 0.171. The molecule has 0 aliphatic rings. The molecule has 0 radical (unpaired) electrons. The number of rotatable bonds is 8. The van der Waals surface area contributed by atoms with Crippen molar-refractivity contribution in [3.05, 3.63) is 83.2 Å². The summed E-state index contributed by atoms with van der Waals surface area (Å²) < 4.78 is 2.21. The number of hydrogen-bond acceptors (Lipinski definition) is 7. The molecule has 0 unspecified atom stereocenters. The number of imidazole rings is 1. The van der Waals surface area contributed by atoms with E-state index in [9.17, 15) is 20.1 Å². The maximum Gasteiger partial charge on any atom is 0.251 e. The number of fused-ring (bicyclic) bond motifs is 3. The normalized spacial score (nSPS) is 11.0. The van der Waals surface area contributed by atoms with Crippen molar-refractivity contribution in [1.29, 1.82) is 0 Å². The molecule has 5 aromatic rings. The van der Waals surface area contributed by atoms with Crippen LogP contribution in [0.1, 0.15) is 47.1 Å². The summed E-state index contributed by atoms with van der Waals surface area (Å²) in [6.07, 6.45) is 2.87. The molecule has 3 aromatic carbocycles. The number of benzene rings is 3. The summed E-state index contributed by atoms with van der Waals surface area (Å²) in [6.45, 7) is 2.96. The molecule has 9 nitrogen and oxygen atoms in total. The monoisotopic (exact) mass is 547 g/mol. The number of para-hydroxylation sites is 1. The number of phenols is 3. The molecule has 0 fully saturated rings. The average molecular weight is 548 g/mol. The molecule has 0 atom stereocenters. The number of carbonyl (C=O) groups is 1. The van der Waals surface area contributed by atoms with Crippen LogP contribution in [0.3, 0.4) is 0 Å². The fraction of sp³-hybridized carbons (Fsp3) is 0.207.